The van der Waals surface area contributed by atoms with Crippen LogP contribution in [0.2, 0.25) is 5.15 Å². The van der Waals surface area contributed by atoms with Gasteiger partial charge in [0.1, 0.15) is 5.15 Å². The molecule has 0 saturated carbocycles. The zero-order valence-corrected chi connectivity index (χ0v) is 16.0. The molecule has 0 N–H and O–H groups in total. The Hall–Kier alpha value is -1.65. The van der Waals surface area contributed by atoms with E-state index in [1.165, 1.54) is 6.42 Å². The molecule has 5 heteroatoms. The van der Waals surface area contributed by atoms with Crippen molar-refractivity contribution in [3.63, 3.8) is 0 Å². The fourth-order valence-electron chi connectivity index (χ4n) is 3.16. The highest BCUT2D eigenvalue weighted by molar-refractivity contribution is 6.30. The highest BCUT2D eigenvalue weighted by atomic mass is 35.5. The van der Waals surface area contributed by atoms with E-state index >= 15 is 0 Å². The largest absolute Gasteiger partial charge is 0.336 e. The minimum Gasteiger partial charge on any atom is -0.336 e. The van der Waals surface area contributed by atoms with E-state index in [2.05, 4.69) is 30.7 Å². The number of nitrogens with zero attached hydrogens (tertiary/aromatic N) is 3. The van der Waals surface area contributed by atoms with E-state index in [4.69, 9.17) is 11.6 Å². The lowest BCUT2D eigenvalue weighted by Gasteiger charge is -2.36. The minimum absolute atomic E-state index is 0.0518. The number of amides is 1. The molecule has 0 bridgehead atoms. The number of rotatable bonds is 3. The van der Waals surface area contributed by atoms with Crippen LogP contribution in [0.3, 0.4) is 0 Å². The predicted molar refractivity (Wildman–Crippen MR) is 103 cm³/mol. The van der Waals surface area contributed by atoms with Gasteiger partial charge in [0.2, 0.25) is 0 Å². The highest BCUT2D eigenvalue weighted by Gasteiger charge is 2.24. The standard InChI is InChI=1S/C20H26ClN3O/c1-20(2,3)8-9-23-10-12-24(13-11-23)19(25)16-14-18(21)22-17-7-5-4-6-15(16)17/h4-7,14H,8-13H2,1-3H3. The average Bonchev–Trinajstić information content (AvgIpc) is 2.58. The summed E-state index contributed by atoms with van der Waals surface area (Å²) < 4.78 is 0. The van der Waals surface area contributed by atoms with Gasteiger partial charge in [-0.15, -0.1) is 0 Å². The number of pyridine rings is 1. The number of aromatic nitrogens is 1. The molecule has 1 amide bonds. The third-order valence-corrected chi connectivity index (χ3v) is 4.95. The fraction of sp³-hybridized carbons (Fsp3) is 0.500. The van der Waals surface area contributed by atoms with Gasteiger partial charge < -0.3 is 4.90 Å². The van der Waals surface area contributed by atoms with Crippen LogP contribution in [-0.2, 0) is 0 Å². The topological polar surface area (TPSA) is 36.4 Å². The number of para-hydroxylation sites is 1. The third-order valence-electron chi connectivity index (χ3n) is 4.75. The van der Waals surface area contributed by atoms with E-state index in [0.29, 0.717) is 16.1 Å². The van der Waals surface area contributed by atoms with Crippen molar-refractivity contribution in [1.29, 1.82) is 0 Å². The molecule has 1 aliphatic rings. The lowest BCUT2D eigenvalue weighted by molar-refractivity contribution is 0.0625. The molecule has 4 nitrogen and oxygen atoms in total. The molecule has 0 spiro atoms. The second kappa shape index (κ2) is 7.30. The molecule has 25 heavy (non-hydrogen) atoms. The van der Waals surface area contributed by atoms with Crippen LogP contribution in [-0.4, -0.2) is 53.4 Å². The van der Waals surface area contributed by atoms with Crippen molar-refractivity contribution in [1.82, 2.24) is 14.8 Å². The first-order valence-corrected chi connectivity index (χ1v) is 9.28. The van der Waals surface area contributed by atoms with Gasteiger partial charge in [-0.3, -0.25) is 9.69 Å². The highest BCUT2D eigenvalue weighted by Crippen LogP contribution is 2.23. The minimum atomic E-state index is 0.0518. The summed E-state index contributed by atoms with van der Waals surface area (Å²) in [6.07, 6.45) is 1.17. The van der Waals surface area contributed by atoms with Gasteiger partial charge in [-0.25, -0.2) is 4.98 Å². The van der Waals surface area contributed by atoms with Crippen LogP contribution in [0.4, 0.5) is 0 Å². The van der Waals surface area contributed by atoms with Gasteiger partial charge in [-0.1, -0.05) is 50.6 Å². The Kier molecular flexibility index (Phi) is 5.30. The molecule has 1 aliphatic heterocycles. The number of hydrogen-bond acceptors (Lipinski definition) is 3. The van der Waals surface area contributed by atoms with Gasteiger partial charge in [0.25, 0.3) is 5.91 Å². The number of carbonyl (C=O) groups is 1. The quantitative estimate of drug-likeness (QED) is 0.775. The van der Waals surface area contributed by atoms with Crippen molar-refractivity contribution in [3.05, 3.63) is 41.0 Å². The summed E-state index contributed by atoms with van der Waals surface area (Å²) in [5, 5.41) is 1.23. The summed E-state index contributed by atoms with van der Waals surface area (Å²) in [7, 11) is 0. The first-order valence-electron chi connectivity index (χ1n) is 8.90. The zero-order chi connectivity index (χ0) is 18.0. The van der Waals surface area contributed by atoms with Crippen molar-refractivity contribution in [2.24, 2.45) is 5.41 Å². The lowest BCUT2D eigenvalue weighted by atomic mass is 9.92. The van der Waals surface area contributed by atoms with Crippen molar-refractivity contribution in [2.45, 2.75) is 27.2 Å². The molecule has 2 heterocycles. The first kappa shape index (κ1) is 18.2. The molecule has 0 atom stereocenters. The molecular formula is C20H26ClN3O. The normalized spacial score (nSPS) is 16.4. The Morgan fingerprint density at radius 2 is 1.84 bits per heavy atom. The maximum Gasteiger partial charge on any atom is 0.254 e. The number of benzene rings is 1. The summed E-state index contributed by atoms with van der Waals surface area (Å²) in [6.45, 7) is 11.3. The molecule has 1 aromatic carbocycles. The zero-order valence-electron chi connectivity index (χ0n) is 15.3. The molecule has 0 aliphatic carbocycles. The molecule has 0 radical (unpaired) electrons. The summed E-state index contributed by atoms with van der Waals surface area (Å²) in [5.41, 5.74) is 1.76. The Balaban J connectivity index is 1.69. The number of piperazine rings is 1. The van der Waals surface area contributed by atoms with Crippen molar-refractivity contribution < 1.29 is 4.79 Å². The predicted octanol–water partition coefficient (Wildman–Crippen LogP) is 4.08. The van der Waals surface area contributed by atoms with Crippen LogP contribution in [0, 0.1) is 5.41 Å². The smallest absolute Gasteiger partial charge is 0.254 e. The van der Waals surface area contributed by atoms with E-state index in [9.17, 15) is 4.79 Å². The lowest BCUT2D eigenvalue weighted by Crippen LogP contribution is -2.49. The molecule has 1 aromatic heterocycles. The SMILES string of the molecule is CC(C)(C)CCN1CCN(C(=O)c2cc(Cl)nc3ccccc23)CC1. The Bertz CT molecular complexity index is 761. The van der Waals surface area contributed by atoms with Gasteiger partial charge in [0, 0.05) is 31.6 Å². The van der Waals surface area contributed by atoms with Crippen LogP contribution in [0.25, 0.3) is 10.9 Å². The first-order chi connectivity index (χ1) is 11.8. The van der Waals surface area contributed by atoms with Crippen molar-refractivity contribution >= 4 is 28.4 Å². The van der Waals surface area contributed by atoms with E-state index < -0.39 is 0 Å². The number of halogens is 1. The van der Waals surface area contributed by atoms with Crippen LogP contribution in [0.5, 0.6) is 0 Å². The van der Waals surface area contributed by atoms with E-state index in [-0.39, 0.29) is 5.91 Å². The third kappa shape index (κ3) is 4.50. The number of fused-ring (bicyclic) bond motifs is 1. The van der Waals surface area contributed by atoms with E-state index in [1.54, 1.807) is 6.07 Å². The molecule has 0 unspecified atom stereocenters. The average molecular weight is 360 g/mol. The van der Waals surface area contributed by atoms with Crippen LogP contribution >= 0.6 is 11.6 Å². The van der Waals surface area contributed by atoms with Crippen LogP contribution in [0.1, 0.15) is 37.6 Å². The van der Waals surface area contributed by atoms with Crippen molar-refractivity contribution in [2.75, 3.05) is 32.7 Å². The Labute approximate surface area is 154 Å². The second-order valence-electron chi connectivity index (χ2n) is 7.95. The molecule has 1 fully saturated rings. The molecule has 134 valence electrons. The van der Waals surface area contributed by atoms with Crippen LogP contribution in [0.15, 0.2) is 30.3 Å². The van der Waals surface area contributed by atoms with Crippen molar-refractivity contribution in [3.8, 4) is 0 Å². The van der Waals surface area contributed by atoms with E-state index in [1.807, 2.05) is 29.2 Å². The van der Waals surface area contributed by atoms with Gasteiger partial charge >= 0.3 is 0 Å². The van der Waals surface area contributed by atoms with E-state index in [0.717, 1.165) is 43.6 Å². The summed E-state index contributed by atoms with van der Waals surface area (Å²) in [6, 6.07) is 9.36. The van der Waals surface area contributed by atoms with Gasteiger partial charge in [0.05, 0.1) is 11.1 Å². The molecule has 3 rings (SSSR count). The second-order valence-corrected chi connectivity index (χ2v) is 8.34. The number of carbonyl (C=O) groups excluding carboxylic acids is 1. The summed E-state index contributed by atoms with van der Waals surface area (Å²) >= 11 is 6.12. The monoisotopic (exact) mass is 359 g/mol. The Morgan fingerprint density at radius 3 is 2.52 bits per heavy atom. The summed E-state index contributed by atoms with van der Waals surface area (Å²) in [5.74, 6) is 0.0518. The van der Waals surface area contributed by atoms with Gasteiger partial charge in [-0.2, -0.15) is 0 Å². The molecular weight excluding hydrogens is 334 g/mol. The van der Waals surface area contributed by atoms with Gasteiger partial charge in [0.15, 0.2) is 0 Å². The van der Waals surface area contributed by atoms with Crippen LogP contribution < -0.4 is 0 Å². The molecule has 2 aromatic rings. The Morgan fingerprint density at radius 1 is 1.16 bits per heavy atom. The maximum atomic E-state index is 13.0. The summed E-state index contributed by atoms with van der Waals surface area (Å²) in [4.78, 5) is 21.7. The number of hydrogen-bond donors (Lipinski definition) is 0. The molecule has 1 saturated heterocycles. The maximum absolute atomic E-state index is 13.0. The fourth-order valence-corrected chi connectivity index (χ4v) is 3.36. The van der Waals surface area contributed by atoms with Gasteiger partial charge in [-0.05, 0) is 30.5 Å².